The van der Waals surface area contributed by atoms with Gasteiger partial charge in [-0.2, -0.15) is 9.97 Å². The Labute approximate surface area is 181 Å². The summed E-state index contributed by atoms with van der Waals surface area (Å²) in [5.74, 6) is 2.12. The summed E-state index contributed by atoms with van der Waals surface area (Å²) < 4.78 is 0.904. The molecule has 1 saturated carbocycles. The van der Waals surface area contributed by atoms with Gasteiger partial charge in [-0.1, -0.05) is 6.92 Å². The second-order valence-corrected chi connectivity index (χ2v) is 8.54. The summed E-state index contributed by atoms with van der Waals surface area (Å²) in [6, 6.07) is 11.4. The fourth-order valence-corrected chi connectivity index (χ4v) is 3.52. The number of benzene rings is 1. The van der Waals surface area contributed by atoms with Crippen molar-refractivity contribution in [1.82, 2.24) is 19.9 Å². The van der Waals surface area contributed by atoms with Crippen LogP contribution < -0.4 is 10.6 Å². The first-order valence-corrected chi connectivity index (χ1v) is 10.9. The maximum absolute atomic E-state index is 11.9. The van der Waals surface area contributed by atoms with Crippen LogP contribution in [-0.4, -0.2) is 25.8 Å². The van der Waals surface area contributed by atoms with Crippen LogP contribution in [0.3, 0.4) is 0 Å². The van der Waals surface area contributed by atoms with Crippen LogP contribution in [0.5, 0.6) is 0 Å². The molecular formula is C20H19BrN6OS. The second kappa shape index (κ2) is 8.87. The molecule has 0 radical (unpaired) electrons. The Kier molecular flexibility index (Phi) is 6.05. The maximum atomic E-state index is 11.9. The Morgan fingerprint density at radius 3 is 2.59 bits per heavy atom. The molecule has 0 aliphatic heterocycles. The van der Waals surface area contributed by atoms with Crippen LogP contribution >= 0.6 is 27.7 Å². The van der Waals surface area contributed by atoms with Gasteiger partial charge in [0.05, 0.1) is 0 Å². The van der Waals surface area contributed by atoms with Crippen LogP contribution in [-0.2, 0) is 11.2 Å². The lowest BCUT2D eigenvalue weighted by atomic mass is 10.3. The summed E-state index contributed by atoms with van der Waals surface area (Å²) in [5, 5.41) is 6.67. The molecule has 0 bridgehead atoms. The number of amides is 1. The Morgan fingerprint density at radius 1 is 1.14 bits per heavy atom. The Balaban J connectivity index is 1.47. The zero-order chi connectivity index (χ0) is 20.2. The number of pyridine rings is 1. The number of carbonyl (C=O) groups is 1. The molecule has 0 saturated heterocycles. The predicted molar refractivity (Wildman–Crippen MR) is 116 cm³/mol. The molecule has 7 nitrogen and oxygen atoms in total. The number of aromatic nitrogens is 4. The van der Waals surface area contributed by atoms with Crippen LogP contribution in [0.15, 0.2) is 57.1 Å². The zero-order valence-electron chi connectivity index (χ0n) is 15.7. The highest BCUT2D eigenvalue weighted by atomic mass is 79.9. The minimum Gasteiger partial charge on any atom is -0.326 e. The highest BCUT2D eigenvalue weighted by Gasteiger charge is 2.29. The van der Waals surface area contributed by atoms with Crippen LogP contribution in [0.1, 0.15) is 25.6 Å². The molecule has 2 heterocycles. The van der Waals surface area contributed by atoms with Gasteiger partial charge >= 0.3 is 0 Å². The molecule has 2 aromatic heterocycles. The van der Waals surface area contributed by atoms with Gasteiger partial charge in [0.25, 0.3) is 0 Å². The fraction of sp³-hybridized carbons (Fsp3) is 0.250. The molecule has 148 valence electrons. The van der Waals surface area contributed by atoms with Gasteiger partial charge in [-0.25, -0.2) is 9.97 Å². The van der Waals surface area contributed by atoms with Gasteiger partial charge in [0.1, 0.15) is 11.6 Å². The van der Waals surface area contributed by atoms with Crippen molar-refractivity contribution in [2.24, 2.45) is 5.92 Å². The zero-order valence-corrected chi connectivity index (χ0v) is 18.1. The number of nitrogens with zero attached hydrogens (tertiary/aromatic N) is 4. The minimum absolute atomic E-state index is 0.104. The normalized spacial score (nSPS) is 13.2. The first kappa shape index (κ1) is 19.8. The van der Waals surface area contributed by atoms with Crippen LogP contribution in [0.4, 0.5) is 17.5 Å². The first-order chi connectivity index (χ1) is 14.1. The monoisotopic (exact) mass is 470 g/mol. The van der Waals surface area contributed by atoms with Crippen molar-refractivity contribution in [1.29, 1.82) is 0 Å². The third-order valence-electron chi connectivity index (χ3n) is 4.22. The average molecular weight is 471 g/mol. The van der Waals surface area contributed by atoms with Gasteiger partial charge in [0, 0.05) is 33.6 Å². The second-order valence-electron chi connectivity index (χ2n) is 6.59. The topological polar surface area (TPSA) is 92.7 Å². The van der Waals surface area contributed by atoms with Gasteiger partial charge in [0.2, 0.25) is 11.9 Å². The van der Waals surface area contributed by atoms with E-state index in [2.05, 4.69) is 46.5 Å². The van der Waals surface area contributed by atoms with E-state index in [1.807, 2.05) is 43.3 Å². The highest BCUT2D eigenvalue weighted by Crippen LogP contribution is 2.31. The van der Waals surface area contributed by atoms with Crippen molar-refractivity contribution in [3.05, 3.63) is 52.9 Å². The quantitative estimate of drug-likeness (QED) is 0.510. The first-order valence-electron chi connectivity index (χ1n) is 9.31. The van der Waals surface area contributed by atoms with Crippen LogP contribution in [0.2, 0.25) is 0 Å². The van der Waals surface area contributed by atoms with E-state index in [4.69, 9.17) is 0 Å². The van der Waals surface area contributed by atoms with E-state index in [1.54, 1.807) is 6.20 Å². The smallest absolute Gasteiger partial charge is 0.232 e. The maximum Gasteiger partial charge on any atom is 0.232 e. The molecule has 1 fully saturated rings. The van der Waals surface area contributed by atoms with Crippen molar-refractivity contribution in [3.63, 3.8) is 0 Å². The number of aryl methyl sites for hydroxylation is 1. The van der Waals surface area contributed by atoms with Crippen LogP contribution in [0, 0.1) is 5.92 Å². The standard InChI is InChI=1S/C20H19BrN6OS/c1-2-16-24-19(25-17-10-5-13(21)11-22-17)27-20(26-16)29-15-8-6-14(7-9-15)23-18(28)12-3-4-12/h5-12H,2-4H2,1H3,(H,23,28)(H,22,24,25,26,27). The summed E-state index contributed by atoms with van der Waals surface area (Å²) in [5.41, 5.74) is 0.805. The van der Waals surface area contributed by atoms with Crippen molar-refractivity contribution in [3.8, 4) is 0 Å². The number of hydrogen-bond acceptors (Lipinski definition) is 7. The number of hydrogen-bond donors (Lipinski definition) is 2. The number of anilines is 3. The number of rotatable bonds is 7. The van der Waals surface area contributed by atoms with Gasteiger partial charge in [-0.3, -0.25) is 4.79 Å². The van der Waals surface area contributed by atoms with E-state index < -0.39 is 0 Å². The number of carbonyl (C=O) groups excluding carboxylic acids is 1. The predicted octanol–water partition coefficient (Wildman–Crippen LogP) is 4.83. The molecule has 1 amide bonds. The third kappa shape index (κ3) is 5.51. The highest BCUT2D eigenvalue weighted by molar-refractivity contribution is 9.10. The molecule has 4 rings (SSSR count). The van der Waals surface area contributed by atoms with Crippen molar-refractivity contribution in [2.75, 3.05) is 10.6 Å². The molecule has 1 aromatic carbocycles. The fourth-order valence-electron chi connectivity index (χ4n) is 2.52. The largest absolute Gasteiger partial charge is 0.326 e. The molecule has 3 aromatic rings. The molecule has 0 atom stereocenters. The summed E-state index contributed by atoms with van der Waals surface area (Å²) in [4.78, 5) is 30.6. The van der Waals surface area contributed by atoms with E-state index in [0.29, 0.717) is 29.2 Å². The lowest BCUT2D eigenvalue weighted by molar-refractivity contribution is -0.117. The number of nitrogens with one attached hydrogen (secondary N) is 2. The molecular weight excluding hydrogens is 452 g/mol. The average Bonchev–Trinajstić information content (AvgIpc) is 3.56. The molecule has 0 spiro atoms. The van der Waals surface area contributed by atoms with Crippen LogP contribution in [0.25, 0.3) is 0 Å². The van der Waals surface area contributed by atoms with E-state index in [9.17, 15) is 4.79 Å². The molecule has 1 aliphatic rings. The molecule has 1 aliphatic carbocycles. The van der Waals surface area contributed by atoms with E-state index in [1.165, 1.54) is 11.8 Å². The SMILES string of the molecule is CCc1nc(Nc2ccc(Br)cn2)nc(Sc2ccc(NC(=O)C3CC3)cc2)n1. The summed E-state index contributed by atoms with van der Waals surface area (Å²) in [7, 11) is 0. The molecule has 0 unspecified atom stereocenters. The van der Waals surface area contributed by atoms with Crippen molar-refractivity contribution in [2.45, 2.75) is 36.2 Å². The third-order valence-corrected chi connectivity index (χ3v) is 5.57. The lowest BCUT2D eigenvalue weighted by Gasteiger charge is -2.08. The molecule has 9 heteroatoms. The van der Waals surface area contributed by atoms with Crippen molar-refractivity contribution < 1.29 is 4.79 Å². The van der Waals surface area contributed by atoms with Gasteiger partial charge in [0.15, 0.2) is 5.16 Å². The molecule has 29 heavy (non-hydrogen) atoms. The Morgan fingerprint density at radius 2 is 1.93 bits per heavy atom. The van der Waals surface area contributed by atoms with E-state index >= 15 is 0 Å². The van der Waals surface area contributed by atoms with Gasteiger partial charge in [-0.15, -0.1) is 0 Å². The summed E-state index contributed by atoms with van der Waals surface area (Å²) in [6.45, 7) is 2.00. The minimum atomic E-state index is 0.104. The van der Waals surface area contributed by atoms with Gasteiger partial charge < -0.3 is 10.6 Å². The Bertz CT molecular complexity index is 1010. The van der Waals surface area contributed by atoms with E-state index in [-0.39, 0.29) is 11.8 Å². The lowest BCUT2D eigenvalue weighted by Crippen LogP contribution is -2.12. The van der Waals surface area contributed by atoms with Crippen molar-refractivity contribution >= 4 is 51.1 Å². The van der Waals surface area contributed by atoms with E-state index in [0.717, 1.165) is 27.9 Å². The van der Waals surface area contributed by atoms with Gasteiger partial charge in [-0.05, 0) is 76.9 Å². The summed E-state index contributed by atoms with van der Waals surface area (Å²) >= 11 is 4.82. The molecule has 2 N–H and O–H groups in total. The Hall–Kier alpha value is -2.52. The number of halogens is 1. The summed E-state index contributed by atoms with van der Waals surface area (Å²) in [6.07, 6.45) is 4.39.